The summed E-state index contributed by atoms with van der Waals surface area (Å²) >= 11 is 0. The Morgan fingerprint density at radius 1 is 0.926 bits per heavy atom. The zero-order chi connectivity index (χ0) is 40.1. The van der Waals surface area contributed by atoms with Crippen molar-refractivity contribution in [2.24, 2.45) is 47.3 Å². The number of nitrogens with zero attached hydrogens (tertiary/aromatic N) is 1. The standard InChI is InChI=1S/C44H69NO9/c1-10-13-34-20-26(3)18-25(2)19-28(5)39-29(6)21-31(8)44(52,54-39)41(49)42(50)45-17-12-11-14-35(45)43(51)53-40(32(9)37(47)24-38(34)48)30(7)23-33-15-16-36(46)27(4)22-33/h10,20,23,25,27-29,31-37,39-40,46-47,52H,1,11-19,21-22,24H2,2-9H3/b26-20+,30-23+/t25-,27?,28-,29?,31?,32+,33?,34+,35?,36+,37?,39?,40+,44?/m0/s1. The topological polar surface area (TPSA) is 151 Å². The summed E-state index contributed by atoms with van der Waals surface area (Å²) < 4.78 is 12.6. The van der Waals surface area contributed by atoms with Crippen LogP contribution in [-0.2, 0) is 28.7 Å². The lowest BCUT2D eigenvalue weighted by Crippen LogP contribution is -2.62. The fourth-order valence-electron chi connectivity index (χ4n) is 9.84. The molecule has 3 heterocycles. The van der Waals surface area contributed by atoms with Crippen molar-refractivity contribution in [3.05, 3.63) is 36.0 Å². The number of cyclic esters (lactones) is 1. The van der Waals surface area contributed by atoms with Gasteiger partial charge >= 0.3 is 5.97 Å². The number of hydrogen-bond donors (Lipinski definition) is 3. The molecule has 2 saturated heterocycles. The second-order valence-corrected chi connectivity index (χ2v) is 17.9. The number of fused-ring (bicyclic) bond motifs is 3. The molecule has 4 rings (SSSR count). The van der Waals surface area contributed by atoms with E-state index in [9.17, 15) is 34.5 Å². The number of aliphatic hydroxyl groups excluding tert-OH is 2. The van der Waals surface area contributed by atoms with Crippen LogP contribution in [-0.4, -0.2) is 86.5 Å². The van der Waals surface area contributed by atoms with Crippen LogP contribution >= 0.6 is 0 Å². The first-order valence-electron chi connectivity index (χ1n) is 20.7. The monoisotopic (exact) mass is 755 g/mol. The molecule has 8 unspecified atom stereocenters. The molecule has 304 valence electrons. The van der Waals surface area contributed by atoms with Gasteiger partial charge in [-0.1, -0.05) is 65.3 Å². The number of amides is 1. The van der Waals surface area contributed by atoms with Crippen molar-refractivity contribution in [3.8, 4) is 0 Å². The van der Waals surface area contributed by atoms with Gasteiger partial charge in [-0.05, 0) is 113 Å². The van der Waals surface area contributed by atoms with Crippen LogP contribution in [0, 0.1) is 47.3 Å². The van der Waals surface area contributed by atoms with E-state index in [0.717, 1.165) is 36.8 Å². The zero-order valence-electron chi connectivity index (χ0n) is 34.2. The average molecular weight is 756 g/mol. The molecule has 0 radical (unpaired) electrons. The van der Waals surface area contributed by atoms with Gasteiger partial charge in [-0.25, -0.2) is 4.79 Å². The minimum Gasteiger partial charge on any atom is -0.456 e. The molecule has 0 aromatic carbocycles. The van der Waals surface area contributed by atoms with E-state index in [4.69, 9.17) is 9.47 Å². The van der Waals surface area contributed by atoms with Crippen molar-refractivity contribution < 1.29 is 44.0 Å². The van der Waals surface area contributed by atoms with Crippen LogP contribution < -0.4 is 0 Å². The summed E-state index contributed by atoms with van der Waals surface area (Å²) in [7, 11) is 0. The summed E-state index contributed by atoms with van der Waals surface area (Å²) in [5, 5.41) is 33.9. The normalized spacial score (nSPS) is 42.6. The Hall–Kier alpha value is -2.66. The fraction of sp³-hybridized carbons (Fsp3) is 0.773. The Morgan fingerprint density at radius 3 is 2.28 bits per heavy atom. The molecule has 3 aliphatic heterocycles. The minimum atomic E-state index is -2.34. The van der Waals surface area contributed by atoms with Gasteiger partial charge in [0.25, 0.3) is 11.7 Å². The Kier molecular flexibility index (Phi) is 15.5. The van der Waals surface area contributed by atoms with E-state index in [1.54, 1.807) is 19.9 Å². The van der Waals surface area contributed by atoms with Gasteiger partial charge in [-0.3, -0.25) is 14.4 Å². The second-order valence-electron chi connectivity index (χ2n) is 17.9. The summed E-state index contributed by atoms with van der Waals surface area (Å²) in [5.41, 5.74) is 1.76. The molecule has 2 bridgehead atoms. The predicted molar refractivity (Wildman–Crippen MR) is 208 cm³/mol. The third kappa shape index (κ3) is 10.4. The third-order valence-corrected chi connectivity index (χ3v) is 13.0. The van der Waals surface area contributed by atoms with E-state index in [-0.39, 0.29) is 60.9 Å². The number of esters is 1. The SMILES string of the molecule is C=CC[C@@H]1/C=C(\C)C[C@H](C)C[C@H](C)C2OC(O)(C(=O)C(=O)N3CCCCC3C(=O)O[C@H](/C(C)=C/C3CC[C@@H](O)C(C)C3)[C@H](C)C(O)CC1=O)C(C)CC2C. The maximum absolute atomic E-state index is 14.2. The van der Waals surface area contributed by atoms with Gasteiger partial charge in [0.15, 0.2) is 0 Å². The maximum atomic E-state index is 14.2. The van der Waals surface area contributed by atoms with Crippen LogP contribution in [0.2, 0.25) is 0 Å². The van der Waals surface area contributed by atoms with E-state index in [1.165, 1.54) is 4.90 Å². The number of ether oxygens (including phenoxy) is 2. The number of carbonyl (C=O) groups excluding carboxylic acids is 4. The lowest BCUT2D eigenvalue weighted by atomic mass is 9.76. The molecule has 0 aromatic heterocycles. The number of hydrogen-bond acceptors (Lipinski definition) is 9. The highest BCUT2D eigenvalue weighted by atomic mass is 16.6. The fourth-order valence-corrected chi connectivity index (χ4v) is 9.84. The lowest BCUT2D eigenvalue weighted by molar-refractivity contribution is -0.282. The average Bonchev–Trinajstić information content (AvgIpc) is 3.11. The van der Waals surface area contributed by atoms with Crippen molar-refractivity contribution in [3.63, 3.8) is 0 Å². The second kappa shape index (κ2) is 19.0. The molecule has 14 atom stereocenters. The van der Waals surface area contributed by atoms with Crippen LogP contribution in [0.25, 0.3) is 0 Å². The summed E-state index contributed by atoms with van der Waals surface area (Å²) in [4.78, 5) is 57.5. The van der Waals surface area contributed by atoms with Crippen molar-refractivity contribution >= 4 is 23.4 Å². The Bertz CT molecular complexity index is 1420. The quantitative estimate of drug-likeness (QED) is 0.166. The van der Waals surface area contributed by atoms with Crippen LogP contribution in [0.1, 0.15) is 126 Å². The van der Waals surface area contributed by atoms with Crippen LogP contribution in [0.4, 0.5) is 0 Å². The van der Waals surface area contributed by atoms with E-state index in [0.29, 0.717) is 32.1 Å². The van der Waals surface area contributed by atoms with Crippen LogP contribution in [0.3, 0.4) is 0 Å². The highest BCUT2D eigenvalue weighted by molar-refractivity contribution is 6.39. The first-order valence-corrected chi connectivity index (χ1v) is 20.7. The molecule has 3 fully saturated rings. The molecule has 54 heavy (non-hydrogen) atoms. The number of rotatable bonds is 4. The van der Waals surface area contributed by atoms with E-state index < -0.39 is 65.6 Å². The molecular weight excluding hydrogens is 686 g/mol. The lowest BCUT2D eigenvalue weighted by Gasteiger charge is -2.46. The van der Waals surface area contributed by atoms with Crippen molar-refractivity contribution in [1.29, 1.82) is 0 Å². The molecule has 10 nitrogen and oxygen atoms in total. The number of allylic oxidation sites excluding steroid dienone is 4. The Morgan fingerprint density at radius 2 is 1.61 bits per heavy atom. The van der Waals surface area contributed by atoms with Crippen LogP contribution in [0.5, 0.6) is 0 Å². The molecular formula is C44H69NO9. The number of piperidine rings is 1. The van der Waals surface area contributed by atoms with Crippen molar-refractivity contribution in [1.82, 2.24) is 4.90 Å². The summed E-state index contributed by atoms with van der Waals surface area (Å²) in [6.07, 6.45) is 8.76. The largest absolute Gasteiger partial charge is 0.456 e. The first kappa shape index (κ1) is 44.1. The van der Waals surface area contributed by atoms with Gasteiger partial charge < -0.3 is 29.7 Å². The van der Waals surface area contributed by atoms with Gasteiger partial charge in [-0.2, -0.15) is 0 Å². The van der Waals surface area contributed by atoms with Gasteiger partial charge in [0.05, 0.1) is 18.3 Å². The Labute approximate surface area is 323 Å². The number of Topliss-reactive ketones (excluding diaryl/α,β-unsaturated/α-hetero) is 2. The van der Waals surface area contributed by atoms with Gasteiger partial charge in [-0.15, -0.1) is 6.58 Å². The molecule has 3 N–H and O–H groups in total. The zero-order valence-corrected chi connectivity index (χ0v) is 34.2. The molecule has 1 saturated carbocycles. The molecule has 0 spiro atoms. The highest BCUT2D eigenvalue weighted by Crippen LogP contribution is 2.42. The van der Waals surface area contributed by atoms with Crippen LogP contribution in [0.15, 0.2) is 36.0 Å². The minimum absolute atomic E-state index is 0.0273. The predicted octanol–water partition coefficient (Wildman–Crippen LogP) is 6.50. The molecule has 10 heteroatoms. The number of aliphatic hydroxyl groups is 3. The first-order chi connectivity index (χ1) is 25.4. The smallest absolute Gasteiger partial charge is 0.329 e. The molecule has 1 amide bonds. The summed E-state index contributed by atoms with van der Waals surface area (Å²) in [6.45, 7) is 19.6. The number of carbonyl (C=O) groups is 4. The molecule has 4 aliphatic rings. The molecule has 0 aromatic rings. The summed E-state index contributed by atoms with van der Waals surface area (Å²) in [6, 6.07) is -1.07. The van der Waals surface area contributed by atoms with Gasteiger partial charge in [0.1, 0.15) is 17.9 Å². The summed E-state index contributed by atoms with van der Waals surface area (Å²) in [5.74, 6) is -6.57. The van der Waals surface area contributed by atoms with Gasteiger partial charge in [0.2, 0.25) is 5.79 Å². The molecule has 1 aliphatic carbocycles. The third-order valence-electron chi connectivity index (χ3n) is 13.0. The van der Waals surface area contributed by atoms with E-state index >= 15 is 0 Å². The van der Waals surface area contributed by atoms with Crippen molar-refractivity contribution in [2.75, 3.05) is 6.54 Å². The van der Waals surface area contributed by atoms with Gasteiger partial charge in [0, 0.05) is 30.7 Å². The van der Waals surface area contributed by atoms with Crippen molar-refractivity contribution in [2.45, 2.75) is 162 Å². The highest BCUT2D eigenvalue weighted by Gasteiger charge is 2.55. The van der Waals surface area contributed by atoms with E-state index in [1.807, 2.05) is 40.7 Å². The van der Waals surface area contributed by atoms with E-state index in [2.05, 4.69) is 19.6 Å². The number of ketones is 2. The Balaban J connectivity index is 1.75. The maximum Gasteiger partial charge on any atom is 0.329 e.